The van der Waals surface area contributed by atoms with Crippen molar-refractivity contribution in [3.8, 4) is 0 Å². The Hall–Kier alpha value is -1.88. The lowest BCUT2D eigenvalue weighted by molar-refractivity contribution is -0.163. The standard InChI is InChI=1S/C61H114O5/c1-4-7-10-13-16-19-22-25-28-29-30-31-32-35-38-41-44-47-50-53-56-64-57-59(66-61(63)55-52-49-46-43-40-37-34-27-24-21-18-15-12-9-6-3)58-65-60(62)54-51-48-45-42-39-36-33-26-23-20-17-14-11-8-5-2/h17,20,25-26,28,33,59H,4-16,18-19,21-24,27,29-32,34-58H2,1-3H3/b20-17-,28-25-,33-26-. The number of unbranched alkanes of at least 4 members (excludes halogenated alkanes) is 38. The van der Waals surface area contributed by atoms with E-state index in [2.05, 4.69) is 57.2 Å². The van der Waals surface area contributed by atoms with Gasteiger partial charge in [-0.2, -0.15) is 0 Å². The number of ether oxygens (including phenoxy) is 3. The van der Waals surface area contributed by atoms with Crippen LogP contribution >= 0.6 is 0 Å². The van der Waals surface area contributed by atoms with Crippen LogP contribution in [0.2, 0.25) is 0 Å². The van der Waals surface area contributed by atoms with E-state index in [0.29, 0.717) is 19.4 Å². The van der Waals surface area contributed by atoms with E-state index in [1.807, 2.05) is 0 Å². The summed E-state index contributed by atoms with van der Waals surface area (Å²) >= 11 is 0. The molecular formula is C61H114O5. The van der Waals surface area contributed by atoms with Crippen molar-refractivity contribution in [3.63, 3.8) is 0 Å². The molecule has 0 amide bonds. The maximum atomic E-state index is 12.9. The number of carbonyl (C=O) groups excluding carboxylic acids is 2. The molecule has 0 N–H and O–H groups in total. The third-order valence-corrected chi connectivity index (χ3v) is 13.1. The van der Waals surface area contributed by atoms with Crippen LogP contribution in [0.5, 0.6) is 0 Å². The van der Waals surface area contributed by atoms with Gasteiger partial charge in [0.1, 0.15) is 6.61 Å². The van der Waals surface area contributed by atoms with Crippen molar-refractivity contribution >= 4 is 11.9 Å². The van der Waals surface area contributed by atoms with Crippen molar-refractivity contribution in [2.45, 2.75) is 322 Å². The number of hydrogen-bond acceptors (Lipinski definition) is 5. The Labute approximate surface area is 412 Å². The van der Waals surface area contributed by atoms with Crippen LogP contribution in [0.25, 0.3) is 0 Å². The van der Waals surface area contributed by atoms with Gasteiger partial charge in [0.25, 0.3) is 0 Å². The first-order valence-electron chi connectivity index (χ1n) is 29.5. The van der Waals surface area contributed by atoms with Crippen molar-refractivity contribution in [2.24, 2.45) is 0 Å². The quantitative estimate of drug-likeness (QED) is 0.0345. The Morgan fingerprint density at radius 2 is 0.636 bits per heavy atom. The molecule has 5 nitrogen and oxygen atoms in total. The van der Waals surface area contributed by atoms with Crippen LogP contribution in [0, 0.1) is 0 Å². The monoisotopic (exact) mass is 927 g/mol. The van der Waals surface area contributed by atoms with Gasteiger partial charge in [0, 0.05) is 19.4 Å². The summed E-state index contributed by atoms with van der Waals surface area (Å²) in [5.74, 6) is -0.394. The number of allylic oxidation sites excluding steroid dienone is 6. The van der Waals surface area contributed by atoms with E-state index in [1.54, 1.807) is 0 Å². The first-order chi connectivity index (χ1) is 32.6. The van der Waals surface area contributed by atoms with Crippen LogP contribution in [0.15, 0.2) is 36.5 Å². The summed E-state index contributed by atoms with van der Waals surface area (Å²) in [4.78, 5) is 25.5. The number of esters is 2. The molecule has 0 fully saturated rings. The lowest BCUT2D eigenvalue weighted by atomic mass is 10.0. The van der Waals surface area contributed by atoms with Crippen LogP contribution in [0.1, 0.15) is 316 Å². The molecule has 0 aromatic heterocycles. The van der Waals surface area contributed by atoms with E-state index < -0.39 is 6.10 Å². The zero-order chi connectivity index (χ0) is 47.7. The van der Waals surface area contributed by atoms with Gasteiger partial charge in [0.2, 0.25) is 0 Å². The Bertz CT molecular complexity index is 1050. The fourth-order valence-corrected chi connectivity index (χ4v) is 8.71. The molecule has 0 aliphatic carbocycles. The fraction of sp³-hybridized carbons (Fsp3) is 0.869. The Morgan fingerprint density at radius 3 is 1.05 bits per heavy atom. The molecule has 1 atom stereocenters. The minimum absolute atomic E-state index is 0.0830. The SMILES string of the molecule is CCCCC/C=C\C/C=C\CCCCCCCC(=O)OCC(COCCCCCCCCCCCC/C=C\CCCCCCCC)OC(=O)CCCCCCCCCCCCCCCCC. The van der Waals surface area contributed by atoms with E-state index in [-0.39, 0.29) is 25.2 Å². The number of hydrogen-bond donors (Lipinski definition) is 0. The van der Waals surface area contributed by atoms with Gasteiger partial charge in [0.05, 0.1) is 6.61 Å². The van der Waals surface area contributed by atoms with E-state index in [9.17, 15) is 9.59 Å². The molecule has 1 unspecified atom stereocenters. The normalized spacial score (nSPS) is 12.3. The molecule has 0 rings (SSSR count). The molecular weight excluding hydrogens is 813 g/mol. The maximum Gasteiger partial charge on any atom is 0.306 e. The topological polar surface area (TPSA) is 61.8 Å². The van der Waals surface area contributed by atoms with Crippen LogP contribution in [-0.2, 0) is 23.8 Å². The molecule has 5 heteroatoms. The van der Waals surface area contributed by atoms with Crippen molar-refractivity contribution in [3.05, 3.63) is 36.5 Å². The number of carbonyl (C=O) groups is 2. The molecule has 0 saturated carbocycles. The summed E-state index contributed by atoms with van der Waals surface area (Å²) < 4.78 is 17.5. The summed E-state index contributed by atoms with van der Waals surface area (Å²) in [7, 11) is 0. The molecule has 0 aromatic rings. The van der Waals surface area contributed by atoms with Crippen molar-refractivity contribution in [2.75, 3.05) is 19.8 Å². The van der Waals surface area contributed by atoms with E-state index in [4.69, 9.17) is 14.2 Å². The fourth-order valence-electron chi connectivity index (χ4n) is 8.71. The number of rotatable bonds is 55. The first-order valence-corrected chi connectivity index (χ1v) is 29.5. The molecule has 388 valence electrons. The lowest BCUT2D eigenvalue weighted by Crippen LogP contribution is -2.30. The molecule has 0 bridgehead atoms. The molecule has 0 aromatic carbocycles. The molecule has 0 aliphatic rings. The zero-order valence-corrected chi connectivity index (χ0v) is 44.7. The minimum atomic E-state index is -0.538. The summed E-state index contributed by atoms with van der Waals surface area (Å²) in [5, 5.41) is 0. The molecule has 66 heavy (non-hydrogen) atoms. The van der Waals surface area contributed by atoms with Gasteiger partial charge in [-0.15, -0.1) is 0 Å². The van der Waals surface area contributed by atoms with Gasteiger partial charge in [-0.1, -0.05) is 263 Å². The second kappa shape index (κ2) is 57.4. The molecule has 0 radical (unpaired) electrons. The van der Waals surface area contributed by atoms with Crippen LogP contribution in [0.4, 0.5) is 0 Å². The highest BCUT2D eigenvalue weighted by Crippen LogP contribution is 2.16. The smallest absolute Gasteiger partial charge is 0.306 e. The zero-order valence-electron chi connectivity index (χ0n) is 44.7. The first kappa shape index (κ1) is 64.1. The van der Waals surface area contributed by atoms with Gasteiger partial charge < -0.3 is 14.2 Å². The van der Waals surface area contributed by atoms with Crippen LogP contribution in [-0.4, -0.2) is 37.9 Å². The van der Waals surface area contributed by atoms with Crippen molar-refractivity contribution in [1.29, 1.82) is 0 Å². The summed E-state index contributed by atoms with van der Waals surface area (Å²) in [6.45, 7) is 7.84. The second-order valence-electron chi connectivity index (χ2n) is 19.9. The largest absolute Gasteiger partial charge is 0.462 e. The van der Waals surface area contributed by atoms with Crippen molar-refractivity contribution in [1.82, 2.24) is 0 Å². The highest BCUT2D eigenvalue weighted by Gasteiger charge is 2.17. The summed E-state index contributed by atoms with van der Waals surface area (Å²) in [6, 6.07) is 0. The summed E-state index contributed by atoms with van der Waals surface area (Å²) in [5.41, 5.74) is 0. The van der Waals surface area contributed by atoms with Crippen LogP contribution in [0.3, 0.4) is 0 Å². The molecule has 0 heterocycles. The Kier molecular flexibility index (Phi) is 55.8. The van der Waals surface area contributed by atoms with E-state index in [1.165, 1.54) is 225 Å². The molecule has 0 saturated heterocycles. The van der Waals surface area contributed by atoms with Gasteiger partial charge >= 0.3 is 11.9 Å². The van der Waals surface area contributed by atoms with Gasteiger partial charge in [-0.3, -0.25) is 9.59 Å². The molecule has 0 spiro atoms. The third kappa shape index (κ3) is 54.7. The third-order valence-electron chi connectivity index (χ3n) is 13.1. The predicted octanol–water partition coefficient (Wildman–Crippen LogP) is 20.1. The molecule has 0 aliphatic heterocycles. The minimum Gasteiger partial charge on any atom is -0.462 e. The highest BCUT2D eigenvalue weighted by molar-refractivity contribution is 5.70. The second-order valence-corrected chi connectivity index (χ2v) is 19.9. The maximum absolute atomic E-state index is 12.9. The van der Waals surface area contributed by atoms with E-state index in [0.717, 1.165) is 57.8 Å². The Balaban J connectivity index is 4.23. The average molecular weight is 928 g/mol. The van der Waals surface area contributed by atoms with Crippen LogP contribution < -0.4 is 0 Å². The lowest BCUT2D eigenvalue weighted by Gasteiger charge is -2.18. The highest BCUT2D eigenvalue weighted by atomic mass is 16.6. The average Bonchev–Trinajstić information content (AvgIpc) is 3.32. The Morgan fingerprint density at radius 1 is 0.333 bits per heavy atom. The van der Waals surface area contributed by atoms with Crippen molar-refractivity contribution < 1.29 is 23.8 Å². The van der Waals surface area contributed by atoms with Gasteiger partial charge in [-0.05, 0) is 77.0 Å². The summed E-state index contributed by atoms with van der Waals surface area (Å²) in [6.07, 6.45) is 70.2. The van der Waals surface area contributed by atoms with Gasteiger partial charge in [0.15, 0.2) is 6.10 Å². The van der Waals surface area contributed by atoms with Gasteiger partial charge in [-0.25, -0.2) is 0 Å². The predicted molar refractivity (Wildman–Crippen MR) is 288 cm³/mol. The van der Waals surface area contributed by atoms with E-state index >= 15 is 0 Å².